The average molecular weight is 220 g/mol. The molecule has 1 aliphatic carbocycles. The molecule has 0 aromatic carbocycles. The lowest BCUT2D eigenvalue weighted by Gasteiger charge is -2.09. The fourth-order valence-electron chi connectivity index (χ4n) is 2.17. The largest absolute Gasteiger partial charge is 0.375 e. The molecule has 0 saturated heterocycles. The van der Waals surface area contributed by atoms with Crippen molar-refractivity contribution in [3.05, 3.63) is 29.6 Å². The predicted molar refractivity (Wildman–Crippen MR) is 63.7 cm³/mol. The Morgan fingerprint density at radius 3 is 2.75 bits per heavy atom. The van der Waals surface area contributed by atoms with Crippen molar-refractivity contribution in [2.45, 2.75) is 38.8 Å². The van der Waals surface area contributed by atoms with Gasteiger partial charge in [0.05, 0.1) is 12.3 Å². The second-order valence-corrected chi connectivity index (χ2v) is 4.53. The molecule has 0 bridgehead atoms. The van der Waals surface area contributed by atoms with Gasteiger partial charge in [0.25, 0.3) is 0 Å². The van der Waals surface area contributed by atoms with Crippen LogP contribution in [0.2, 0.25) is 0 Å². The van der Waals surface area contributed by atoms with E-state index in [2.05, 4.69) is 4.98 Å². The van der Waals surface area contributed by atoms with Crippen LogP contribution >= 0.6 is 0 Å². The van der Waals surface area contributed by atoms with Crippen LogP contribution in [-0.4, -0.2) is 11.6 Å². The van der Waals surface area contributed by atoms with Gasteiger partial charge in [-0.1, -0.05) is 18.9 Å². The highest BCUT2D eigenvalue weighted by molar-refractivity contribution is 5.13. The van der Waals surface area contributed by atoms with Crippen molar-refractivity contribution >= 4 is 0 Å². The van der Waals surface area contributed by atoms with E-state index in [1.807, 2.05) is 18.3 Å². The highest BCUT2D eigenvalue weighted by Crippen LogP contribution is 2.24. The minimum Gasteiger partial charge on any atom is -0.375 e. The third kappa shape index (κ3) is 3.29. The number of nitrogens with zero attached hydrogens (tertiary/aromatic N) is 1. The van der Waals surface area contributed by atoms with Crippen molar-refractivity contribution in [1.29, 1.82) is 0 Å². The Labute approximate surface area is 97.0 Å². The third-order valence-corrected chi connectivity index (χ3v) is 3.20. The van der Waals surface area contributed by atoms with Crippen LogP contribution in [0.4, 0.5) is 0 Å². The van der Waals surface area contributed by atoms with Crippen molar-refractivity contribution in [3.8, 4) is 0 Å². The van der Waals surface area contributed by atoms with Crippen LogP contribution in [0.15, 0.2) is 18.3 Å². The van der Waals surface area contributed by atoms with Gasteiger partial charge in [0.15, 0.2) is 0 Å². The number of aromatic nitrogens is 1. The van der Waals surface area contributed by atoms with Gasteiger partial charge in [-0.2, -0.15) is 0 Å². The molecule has 0 atom stereocenters. The van der Waals surface area contributed by atoms with Crippen LogP contribution < -0.4 is 5.73 Å². The van der Waals surface area contributed by atoms with Gasteiger partial charge in [-0.3, -0.25) is 4.98 Å². The van der Waals surface area contributed by atoms with Gasteiger partial charge in [0, 0.05) is 19.3 Å². The standard InChI is InChI=1S/C13H20N2O/c14-7-12-5-6-13(15-8-12)10-16-9-11-3-1-2-4-11/h5-6,8,11H,1-4,7,9-10,14H2. The van der Waals surface area contributed by atoms with E-state index >= 15 is 0 Å². The van der Waals surface area contributed by atoms with Crippen molar-refractivity contribution in [2.24, 2.45) is 11.7 Å². The monoisotopic (exact) mass is 220 g/mol. The molecular formula is C13H20N2O. The lowest BCUT2D eigenvalue weighted by Crippen LogP contribution is -2.06. The van der Waals surface area contributed by atoms with Crippen molar-refractivity contribution in [1.82, 2.24) is 4.98 Å². The molecule has 1 aliphatic rings. The SMILES string of the molecule is NCc1ccc(COCC2CCCC2)nc1. The molecule has 0 unspecified atom stereocenters. The van der Waals surface area contributed by atoms with Gasteiger partial charge in [0.1, 0.15) is 0 Å². The molecule has 1 aromatic rings. The van der Waals surface area contributed by atoms with Crippen LogP contribution in [0.1, 0.15) is 36.9 Å². The average Bonchev–Trinajstić information content (AvgIpc) is 2.83. The van der Waals surface area contributed by atoms with E-state index in [0.717, 1.165) is 23.8 Å². The zero-order chi connectivity index (χ0) is 11.2. The van der Waals surface area contributed by atoms with Crippen LogP contribution in [0.3, 0.4) is 0 Å². The number of hydrogen-bond acceptors (Lipinski definition) is 3. The van der Waals surface area contributed by atoms with Gasteiger partial charge >= 0.3 is 0 Å². The van der Waals surface area contributed by atoms with E-state index < -0.39 is 0 Å². The van der Waals surface area contributed by atoms with Gasteiger partial charge in [0.2, 0.25) is 0 Å². The molecule has 1 saturated carbocycles. The van der Waals surface area contributed by atoms with Crippen LogP contribution in [0, 0.1) is 5.92 Å². The lowest BCUT2D eigenvalue weighted by atomic mass is 10.1. The van der Waals surface area contributed by atoms with Crippen molar-refractivity contribution in [3.63, 3.8) is 0 Å². The quantitative estimate of drug-likeness (QED) is 0.828. The summed E-state index contributed by atoms with van der Waals surface area (Å²) in [6, 6.07) is 4.01. The van der Waals surface area contributed by atoms with E-state index in [1.54, 1.807) is 0 Å². The smallest absolute Gasteiger partial charge is 0.0887 e. The summed E-state index contributed by atoms with van der Waals surface area (Å²) in [5.74, 6) is 0.781. The number of pyridine rings is 1. The van der Waals surface area contributed by atoms with Crippen LogP contribution in [-0.2, 0) is 17.9 Å². The third-order valence-electron chi connectivity index (χ3n) is 3.20. The Morgan fingerprint density at radius 2 is 2.12 bits per heavy atom. The van der Waals surface area contributed by atoms with Crippen LogP contribution in [0.25, 0.3) is 0 Å². The minimum atomic E-state index is 0.552. The molecule has 1 fully saturated rings. The fraction of sp³-hybridized carbons (Fsp3) is 0.615. The second-order valence-electron chi connectivity index (χ2n) is 4.53. The van der Waals surface area contributed by atoms with Gasteiger partial charge < -0.3 is 10.5 Å². The molecule has 3 nitrogen and oxygen atoms in total. The normalized spacial score (nSPS) is 16.8. The fourth-order valence-corrected chi connectivity index (χ4v) is 2.17. The first-order valence-electron chi connectivity index (χ1n) is 6.10. The van der Waals surface area contributed by atoms with Gasteiger partial charge in [-0.15, -0.1) is 0 Å². The van der Waals surface area contributed by atoms with Crippen molar-refractivity contribution in [2.75, 3.05) is 6.61 Å². The van der Waals surface area contributed by atoms with Gasteiger partial charge in [-0.05, 0) is 30.4 Å². The van der Waals surface area contributed by atoms with Crippen LogP contribution in [0.5, 0.6) is 0 Å². The maximum Gasteiger partial charge on any atom is 0.0887 e. The Hall–Kier alpha value is -0.930. The summed E-state index contributed by atoms with van der Waals surface area (Å²) in [4.78, 5) is 4.31. The molecule has 88 valence electrons. The Morgan fingerprint density at radius 1 is 1.31 bits per heavy atom. The number of hydrogen-bond donors (Lipinski definition) is 1. The first-order chi connectivity index (χ1) is 7.88. The minimum absolute atomic E-state index is 0.552. The second kappa shape index (κ2) is 5.97. The Kier molecular flexibility index (Phi) is 4.31. The van der Waals surface area contributed by atoms with E-state index in [-0.39, 0.29) is 0 Å². The Balaban J connectivity index is 1.71. The summed E-state index contributed by atoms with van der Waals surface area (Å²) in [5.41, 5.74) is 7.58. The summed E-state index contributed by atoms with van der Waals surface area (Å²) >= 11 is 0. The van der Waals surface area contributed by atoms with Crippen molar-refractivity contribution < 1.29 is 4.74 Å². The van der Waals surface area contributed by atoms with E-state index in [4.69, 9.17) is 10.5 Å². The molecule has 0 amide bonds. The zero-order valence-electron chi connectivity index (χ0n) is 9.69. The van der Waals surface area contributed by atoms with E-state index in [9.17, 15) is 0 Å². The highest BCUT2D eigenvalue weighted by atomic mass is 16.5. The molecule has 3 heteroatoms. The predicted octanol–water partition coefficient (Wildman–Crippen LogP) is 2.25. The Bertz CT molecular complexity index is 304. The zero-order valence-corrected chi connectivity index (χ0v) is 9.69. The molecule has 0 radical (unpaired) electrons. The maximum absolute atomic E-state index is 5.68. The molecule has 16 heavy (non-hydrogen) atoms. The highest BCUT2D eigenvalue weighted by Gasteiger charge is 2.14. The number of rotatable bonds is 5. The number of nitrogens with two attached hydrogens (primary N) is 1. The summed E-state index contributed by atoms with van der Waals surface area (Å²) in [6.45, 7) is 2.07. The molecule has 2 N–H and O–H groups in total. The van der Waals surface area contributed by atoms with E-state index in [0.29, 0.717) is 13.2 Å². The molecule has 2 rings (SSSR count). The summed E-state index contributed by atoms with van der Waals surface area (Å²) < 4.78 is 5.68. The molecule has 1 aromatic heterocycles. The molecule has 1 heterocycles. The first-order valence-corrected chi connectivity index (χ1v) is 6.10. The molecule has 0 spiro atoms. The molecular weight excluding hydrogens is 200 g/mol. The van der Waals surface area contributed by atoms with E-state index in [1.165, 1.54) is 25.7 Å². The topological polar surface area (TPSA) is 48.1 Å². The molecule has 0 aliphatic heterocycles. The maximum atomic E-state index is 5.68. The summed E-state index contributed by atoms with van der Waals surface area (Å²) in [7, 11) is 0. The number of ether oxygens (including phenoxy) is 1. The van der Waals surface area contributed by atoms with Gasteiger partial charge in [-0.25, -0.2) is 0 Å². The summed E-state index contributed by atoms with van der Waals surface area (Å²) in [6.07, 6.45) is 7.24. The first kappa shape index (κ1) is 11.6. The lowest BCUT2D eigenvalue weighted by molar-refractivity contribution is 0.0867. The summed E-state index contributed by atoms with van der Waals surface area (Å²) in [5, 5.41) is 0.